The number of anilines is 1. The fourth-order valence-electron chi connectivity index (χ4n) is 3.09. The van der Waals surface area contributed by atoms with Crippen molar-refractivity contribution in [3.05, 3.63) is 16.5 Å². The van der Waals surface area contributed by atoms with Crippen LogP contribution in [0.1, 0.15) is 61.8 Å². The minimum Gasteiger partial charge on any atom is -0.353 e. The maximum Gasteiger partial charge on any atom is 0.230 e. The average Bonchev–Trinajstić information content (AvgIpc) is 3.21. The molecular weight excluding hydrogens is 326 g/mol. The molecule has 23 heavy (non-hydrogen) atoms. The van der Waals surface area contributed by atoms with Gasteiger partial charge in [0.2, 0.25) is 5.91 Å². The van der Waals surface area contributed by atoms with Gasteiger partial charge in [-0.25, -0.2) is 0 Å². The molecule has 1 unspecified atom stereocenters. The lowest BCUT2D eigenvalue weighted by molar-refractivity contribution is -0.119. The molecule has 1 aliphatic carbocycles. The molecule has 0 spiro atoms. The molecule has 1 fully saturated rings. The molecule has 1 aromatic rings. The van der Waals surface area contributed by atoms with E-state index < -0.39 is 0 Å². The van der Waals surface area contributed by atoms with Crippen molar-refractivity contribution in [3.8, 4) is 0 Å². The number of fused-ring (bicyclic) bond motifs is 1. The second-order valence-electron chi connectivity index (χ2n) is 6.12. The summed E-state index contributed by atoms with van der Waals surface area (Å²) in [4.78, 5) is 18.3. The van der Waals surface area contributed by atoms with E-state index in [1.54, 1.807) is 11.8 Å². The molecule has 0 radical (unpaired) electrons. The normalized spacial score (nSPS) is 20.8. The molecule has 4 nitrogen and oxygen atoms in total. The number of carbonyl (C=O) groups excluding carboxylic acids is 1. The molecule has 126 valence electrons. The summed E-state index contributed by atoms with van der Waals surface area (Å²) >= 11 is 3.45. The van der Waals surface area contributed by atoms with Gasteiger partial charge in [0, 0.05) is 22.9 Å². The van der Waals surface area contributed by atoms with Crippen LogP contribution in [0.3, 0.4) is 0 Å². The summed E-state index contributed by atoms with van der Waals surface area (Å²) in [6.45, 7) is 4.29. The third-order valence-electron chi connectivity index (χ3n) is 4.38. The zero-order valence-corrected chi connectivity index (χ0v) is 15.5. The van der Waals surface area contributed by atoms with Crippen LogP contribution in [0.15, 0.2) is 11.1 Å². The van der Waals surface area contributed by atoms with E-state index in [2.05, 4.69) is 30.5 Å². The Morgan fingerprint density at radius 3 is 2.87 bits per heavy atom. The van der Waals surface area contributed by atoms with Crippen LogP contribution in [-0.2, 0) is 11.2 Å². The van der Waals surface area contributed by atoms with Gasteiger partial charge in [-0.3, -0.25) is 9.79 Å². The molecule has 1 saturated carbocycles. The van der Waals surface area contributed by atoms with Gasteiger partial charge in [0.25, 0.3) is 0 Å². The second kappa shape index (κ2) is 7.71. The number of thioether (sulfide) groups is 1. The van der Waals surface area contributed by atoms with Gasteiger partial charge in [-0.15, -0.1) is 23.1 Å². The average molecular weight is 352 g/mol. The van der Waals surface area contributed by atoms with Crippen molar-refractivity contribution in [3.63, 3.8) is 0 Å². The summed E-state index contributed by atoms with van der Waals surface area (Å²) < 4.78 is 0. The first-order chi connectivity index (χ1) is 11.2. The lowest BCUT2D eigenvalue weighted by Gasteiger charge is -2.21. The quantitative estimate of drug-likeness (QED) is 0.802. The number of carbonyl (C=O) groups is 1. The molecule has 2 aliphatic rings. The predicted octanol–water partition coefficient (Wildman–Crippen LogP) is 4.34. The first-order valence-corrected chi connectivity index (χ1v) is 10.4. The molecule has 3 rings (SSSR count). The highest BCUT2D eigenvalue weighted by molar-refractivity contribution is 8.00. The Hall–Kier alpha value is -1.01. The third-order valence-corrected chi connectivity index (χ3v) is 6.70. The predicted molar refractivity (Wildman–Crippen MR) is 101 cm³/mol. The van der Waals surface area contributed by atoms with Gasteiger partial charge in [-0.05, 0) is 25.3 Å². The third kappa shape index (κ3) is 4.10. The van der Waals surface area contributed by atoms with Crippen LogP contribution in [-0.4, -0.2) is 23.5 Å². The Balaban J connectivity index is 1.62. The van der Waals surface area contributed by atoms with Gasteiger partial charge in [0.1, 0.15) is 16.2 Å². The SMILES string of the molecule is CCC1=NC(SCC(=O)NC2CCCC2)c2cc(CC)sc2N1. The van der Waals surface area contributed by atoms with E-state index in [1.165, 1.54) is 28.3 Å². The summed E-state index contributed by atoms with van der Waals surface area (Å²) in [6, 6.07) is 2.64. The van der Waals surface area contributed by atoms with E-state index in [1.807, 2.05) is 11.3 Å². The maximum absolute atomic E-state index is 12.2. The fraction of sp³-hybridized carbons (Fsp3) is 0.647. The van der Waals surface area contributed by atoms with E-state index in [9.17, 15) is 4.79 Å². The lowest BCUT2D eigenvalue weighted by atomic mass is 10.2. The fourth-order valence-corrected chi connectivity index (χ4v) is 5.17. The number of amides is 1. The van der Waals surface area contributed by atoms with Crippen LogP contribution >= 0.6 is 23.1 Å². The van der Waals surface area contributed by atoms with E-state index in [-0.39, 0.29) is 11.3 Å². The summed E-state index contributed by atoms with van der Waals surface area (Å²) in [5.74, 6) is 1.66. The minimum atomic E-state index is 0.0482. The molecule has 1 amide bonds. The van der Waals surface area contributed by atoms with Crippen LogP contribution in [0, 0.1) is 0 Å². The van der Waals surface area contributed by atoms with Crippen molar-refractivity contribution >= 4 is 39.8 Å². The number of nitrogens with zero attached hydrogens (tertiary/aromatic N) is 1. The zero-order valence-electron chi connectivity index (χ0n) is 13.9. The van der Waals surface area contributed by atoms with Gasteiger partial charge in [-0.1, -0.05) is 26.7 Å². The lowest BCUT2D eigenvalue weighted by Crippen LogP contribution is -2.34. The Bertz CT molecular complexity index is 591. The Morgan fingerprint density at radius 1 is 1.39 bits per heavy atom. The topological polar surface area (TPSA) is 53.5 Å². The number of hydrogen-bond donors (Lipinski definition) is 2. The number of aliphatic imine (C=N–C) groups is 1. The maximum atomic E-state index is 12.2. The van der Waals surface area contributed by atoms with Crippen LogP contribution in [0.5, 0.6) is 0 Å². The molecule has 0 saturated heterocycles. The minimum absolute atomic E-state index is 0.0482. The smallest absolute Gasteiger partial charge is 0.230 e. The van der Waals surface area contributed by atoms with Crippen LogP contribution < -0.4 is 10.6 Å². The first kappa shape index (κ1) is 16.8. The van der Waals surface area contributed by atoms with E-state index in [0.717, 1.165) is 31.5 Å². The van der Waals surface area contributed by atoms with Crippen molar-refractivity contribution in [1.29, 1.82) is 0 Å². The molecule has 1 atom stereocenters. The number of aryl methyl sites for hydroxylation is 1. The zero-order chi connectivity index (χ0) is 16.2. The van der Waals surface area contributed by atoms with Crippen LogP contribution in [0.25, 0.3) is 0 Å². The monoisotopic (exact) mass is 351 g/mol. The standard InChI is InChI=1S/C17H25N3OS2/c1-3-12-9-13-16(19-14(4-2)20-17(13)23-12)22-10-15(21)18-11-7-5-6-8-11/h9,11,16H,3-8,10H2,1-2H3,(H,18,21)(H,19,20). The number of thiophene rings is 1. The van der Waals surface area contributed by atoms with Gasteiger partial charge in [0.05, 0.1) is 5.75 Å². The molecular formula is C17H25N3OS2. The Morgan fingerprint density at radius 2 is 2.17 bits per heavy atom. The second-order valence-corrected chi connectivity index (χ2v) is 8.32. The van der Waals surface area contributed by atoms with Crippen molar-refractivity contribution < 1.29 is 4.79 Å². The van der Waals surface area contributed by atoms with Gasteiger partial charge < -0.3 is 10.6 Å². The van der Waals surface area contributed by atoms with Crippen molar-refractivity contribution in [2.75, 3.05) is 11.1 Å². The first-order valence-electron chi connectivity index (χ1n) is 8.56. The van der Waals surface area contributed by atoms with E-state index >= 15 is 0 Å². The highest BCUT2D eigenvalue weighted by Gasteiger charge is 2.25. The summed E-state index contributed by atoms with van der Waals surface area (Å²) in [5.41, 5.74) is 1.24. The summed E-state index contributed by atoms with van der Waals surface area (Å²) in [5, 5.41) is 7.85. The van der Waals surface area contributed by atoms with Crippen LogP contribution in [0.2, 0.25) is 0 Å². The Kier molecular flexibility index (Phi) is 5.64. The number of nitrogens with one attached hydrogen (secondary N) is 2. The van der Waals surface area contributed by atoms with Gasteiger partial charge in [-0.2, -0.15) is 0 Å². The molecule has 2 N–H and O–H groups in total. The Labute approximate surface area is 146 Å². The van der Waals surface area contributed by atoms with Crippen molar-refractivity contribution in [2.45, 2.75) is 63.8 Å². The molecule has 1 aliphatic heterocycles. The van der Waals surface area contributed by atoms with Crippen molar-refractivity contribution in [2.24, 2.45) is 4.99 Å². The molecule has 6 heteroatoms. The van der Waals surface area contributed by atoms with Gasteiger partial charge in [0.15, 0.2) is 0 Å². The summed E-state index contributed by atoms with van der Waals surface area (Å²) in [7, 11) is 0. The number of hydrogen-bond acceptors (Lipinski definition) is 5. The number of rotatable bonds is 6. The van der Waals surface area contributed by atoms with E-state index in [0.29, 0.717) is 11.8 Å². The molecule has 1 aromatic heterocycles. The summed E-state index contributed by atoms with van der Waals surface area (Å²) in [6.07, 6.45) is 6.69. The molecule has 0 aromatic carbocycles. The largest absolute Gasteiger partial charge is 0.353 e. The van der Waals surface area contributed by atoms with E-state index in [4.69, 9.17) is 4.99 Å². The highest BCUT2D eigenvalue weighted by Crippen LogP contribution is 2.43. The number of amidine groups is 1. The molecule has 0 bridgehead atoms. The highest BCUT2D eigenvalue weighted by atomic mass is 32.2. The van der Waals surface area contributed by atoms with Crippen LogP contribution in [0.4, 0.5) is 5.00 Å². The molecule has 2 heterocycles. The van der Waals surface area contributed by atoms with Gasteiger partial charge >= 0.3 is 0 Å². The van der Waals surface area contributed by atoms with Crippen molar-refractivity contribution in [1.82, 2.24) is 5.32 Å².